The Bertz CT molecular complexity index is 314. The topological polar surface area (TPSA) is 28.7 Å². The lowest BCUT2D eigenvalue weighted by Crippen LogP contribution is -2.21. The third kappa shape index (κ3) is 0.846. The van der Waals surface area contributed by atoms with Gasteiger partial charge in [-0.25, -0.2) is 4.98 Å². The quantitative estimate of drug-likeness (QED) is 0.490. The molecule has 0 amide bonds. The first-order valence-corrected chi connectivity index (χ1v) is 2.48. The van der Waals surface area contributed by atoms with Crippen LogP contribution in [0.5, 0.6) is 0 Å². The van der Waals surface area contributed by atoms with Gasteiger partial charge in [0.15, 0.2) is 0 Å². The second-order valence-corrected chi connectivity index (χ2v) is 1.48. The zero-order valence-electron chi connectivity index (χ0n) is 4.94. The summed E-state index contributed by atoms with van der Waals surface area (Å²) in [5.74, 6) is 0. The highest BCUT2D eigenvalue weighted by Gasteiger charge is 1.78. The molecule has 0 spiro atoms. The zero-order valence-corrected chi connectivity index (χ0v) is 4.94. The van der Waals surface area contributed by atoms with Gasteiger partial charge in [-0.3, -0.25) is 0 Å². The van der Waals surface area contributed by atoms with Gasteiger partial charge in [-0.05, 0) is 0 Å². The lowest BCUT2D eigenvalue weighted by atomic mass is 10.6. The van der Waals surface area contributed by atoms with E-state index in [4.69, 9.17) is 0 Å². The molecule has 1 aromatic rings. The van der Waals surface area contributed by atoms with Gasteiger partial charge >= 0.3 is 0 Å². The van der Waals surface area contributed by atoms with E-state index in [2.05, 4.69) is 34.6 Å². The van der Waals surface area contributed by atoms with Gasteiger partial charge in [0.25, 0.3) is 0 Å². The van der Waals surface area contributed by atoms with Crippen LogP contribution in [0.1, 0.15) is 0 Å². The number of aromatic nitrogens is 2. The minimum atomic E-state index is 0.671. The molecule has 0 atom stereocenters. The van der Waals surface area contributed by atoms with Crippen LogP contribution in [0.3, 0.4) is 0 Å². The molecule has 0 saturated carbocycles. The van der Waals surface area contributed by atoms with E-state index in [1.807, 2.05) is 0 Å². The molecule has 0 aliphatic rings. The highest BCUT2D eigenvalue weighted by atomic mass is 14.8. The lowest BCUT2D eigenvalue weighted by Gasteiger charge is -1.61. The number of rotatable bonds is 0. The van der Waals surface area contributed by atoms with E-state index in [1.54, 1.807) is 6.33 Å². The van der Waals surface area contributed by atoms with Crippen LogP contribution < -0.4 is 10.7 Å². The molecule has 0 saturated heterocycles. The molecule has 0 aromatic carbocycles. The predicted octanol–water partition coefficient (Wildman–Crippen LogP) is -0.460. The third-order valence-electron chi connectivity index (χ3n) is 0.984. The maximum atomic E-state index is 3.87. The molecule has 0 aliphatic heterocycles. The normalized spacial score (nSPS) is 8.00. The Balaban J connectivity index is 3.92. The SMILES string of the molecule is C=C=c1nc[nH]c1=C=C. The summed E-state index contributed by atoms with van der Waals surface area (Å²) in [4.78, 5) is 6.69. The first-order valence-electron chi connectivity index (χ1n) is 2.48. The molecule has 0 unspecified atom stereocenters. The predicted molar refractivity (Wildman–Crippen MR) is 35.9 cm³/mol. The number of nitrogens with zero attached hydrogens (tertiary/aromatic N) is 1. The molecule has 2 nitrogen and oxygen atoms in total. The average Bonchev–Trinajstić information content (AvgIpc) is 2.33. The summed E-state index contributed by atoms with van der Waals surface area (Å²) in [7, 11) is 0. The Morgan fingerprint density at radius 2 is 2.22 bits per heavy atom. The Hall–Kier alpha value is -1.49. The van der Waals surface area contributed by atoms with Crippen molar-refractivity contribution in [3.8, 4) is 0 Å². The smallest absolute Gasteiger partial charge is 0.138 e. The van der Waals surface area contributed by atoms with Gasteiger partial charge < -0.3 is 4.98 Å². The van der Waals surface area contributed by atoms with Crippen molar-refractivity contribution >= 4 is 11.5 Å². The van der Waals surface area contributed by atoms with Crippen molar-refractivity contribution in [3.05, 3.63) is 30.2 Å². The average molecular weight is 118 g/mol. The van der Waals surface area contributed by atoms with E-state index < -0.39 is 0 Å². The van der Waals surface area contributed by atoms with E-state index >= 15 is 0 Å². The fourth-order valence-corrected chi connectivity index (χ4v) is 0.563. The molecule has 44 valence electrons. The van der Waals surface area contributed by atoms with Crippen molar-refractivity contribution in [3.63, 3.8) is 0 Å². The van der Waals surface area contributed by atoms with E-state index in [0.717, 1.165) is 5.35 Å². The molecule has 1 heterocycles. The number of H-pyrrole nitrogens is 1. The first kappa shape index (κ1) is 5.64. The van der Waals surface area contributed by atoms with Crippen molar-refractivity contribution in [1.82, 2.24) is 9.97 Å². The van der Waals surface area contributed by atoms with Crippen LogP contribution in [0.25, 0.3) is 11.5 Å². The van der Waals surface area contributed by atoms with Gasteiger partial charge in [0.1, 0.15) is 10.7 Å². The Morgan fingerprint density at radius 1 is 1.44 bits per heavy atom. The number of imidazole rings is 1. The monoisotopic (exact) mass is 118 g/mol. The van der Waals surface area contributed by atoms with Gasteiger partial charge in [-0.1, -0.05) is 18.9 Å². The number of hydrogen-bond donors (Lipinski definition) is 1. The minimum absolute atomic E-state index is 0.671. The molecule has 2 heteroatoms. The number of hydrogen-bond acceptors (Lipinski definition) is 1. The highest BCUT2D eigenvalue weighted by molar-refractivity contribution is 5.16. The molecular weight excluding hydrogens is 112 g/mol. The molecule has 9 heavy (non-hydrogen) atoms. The largest absolute Gasteiger partial charge is 0.338 e. The molecule has 0 bridgehead atoms. The van der Waals surface area contributed by atoms with Crippen LogP contribution in [0, 0.1) is 0 Å². The van der Waals surface area contributed by atoms with E-state index in [-0.39, 0.29) is 0 Å². The Labute approximate surface area is 52.6 Å². The molecule has 0 radical (unpaired) electrons. The van der Waals surface area contributed by atoms with Gasteiger partial charge in [0.2, 0.25) is 0 Å². The molecule has 1 aromatic heterocycles. The summed E-state index contributed by atoms with van der Waals surface area (Å²) in [6.07, 6.45) is 1.56. The van der Waals surface area contributed by atoms with Gasteiger partial charge in [-0.15, -0.1) is 5.73 Å². The molecular formula is C7H6N2. The molecule has 1 N–H and O–H groups in total. The zero-order chi connectivity index (χ0) is 6.69. The Kier molecular flexibility index (Phi) is 1.37. The van der Waals surface area contributed by atoms with Crippen LogP contribution in [-0.2, 0) is 0 Å². The fraction of sp³-hybridized carbons (Fsp3) is 0. The van der Waals surface area contributed by atoms with Crippen molar-refractivity contribution in [2.75, 3.05) is 0 Å². The molecule has 0 fully saturated rings. The van der Waals surface area contributed by atoms with Crippen LogP contribution in [-0.4, -0.2) is 9.97 Å². The van der Waals surface area contributed by atoms with Gasteiger partial charge in [0.05, 0.1) is 6.33 Å². The van der Waals surface area contributed by atoms with Crippen molar-refractivity contribution in [2.24, 2.45) is 0 Å². The third-order valence-corrected chi connectivity index (χ3v) is 0.984. The van der Waals surface area contributed by atoms with Crippen LogP contribution in [0.15, 0.2) is 19.5 Å². The van der Waals surface area contributed by atoms with E-state index in [1.165, 1.54) is 0 Å². The number of aromatic amines is 1. The fourth-order valence-electron chi connectivity index (χ4n) is 0.563. The van der Waals surface area contributed by atoms with Crippen LogP contribution >= 0.6 is 0 Å². The van der Waals surface area contributed by atoms with Crippen LogP contribution in [0.4, 0.5) is 0 Å². The molecule has 0 aliphatic carbocycles. The summed E-state index contributed by atoms with van der Waals surface area (Å²) in [5, 5.41) is 1.41. The van der Waals surface area contributed by atoms with Crippen molar-refractivity contribution in [1.29, 1.82) is 0 Å². The molecule has 1 rings (SSSR count). The first-order chi connectivity index (χ1) is 4.38. The summed E-state index contributed by atoms with van der Waals surface area (Å²) in [6.45, 7) is 6.88. The van der Waals surface area contributed by atoms with Gasteiger partial charge in [0, 0.05) is 0 Å². The Morgan fingerprint density at radius 3 is 2.67 bits per heavy atom. The summed E-state index contributed by atoms with van der Waals surface area (Å²) in [6, 6.07) is 0. The number of nitrogens with one attached hydrogen (secondary N) is 1. The van der Waals surface area contributed by atoms with Crippen molar-refractivity contribution in [2.45, 2.75) is 0 Å². The second-order valence-electron chi connectivity index (χ2n) is 1.48. The van der Waals surface area contributed by atoms with E-state index in [9.17, 15) is 0 Å². The maximum Gasteiger partial charge on any atom is 0.138 e. The maximum absolute atomic E-state index is 3.87. The minimum Gasteiger partial charge on any atom is -0.338 e. The standard InChI is InChI=1S/C7H6N2/c1-3-6-7(4-2)9-5-8-6/h5H,1-2H2,(H,8,9). The lowest BCUT2D eigenvalue weighted by molar-refractivity contribution is 1.29. The highest BCUT2D eigenvalue weighted by Crippen LogP contribution is 1.47. The van der Waals surface area contributed by atoms with E-state index in [0.29, 0.717) is 5.35 Å². The van der Waals surface area contributed by atoms with Gasteiger partial charge in [-0.2, -0.15) is 0 Å². The summed E-state index contributed by atoms with van der Waals surface area (Å²) >= 11 is 0. The summed E-state index contributed by atoms with van der Waals surface area (Å²) < 4.78 is 0. The van der Waals surface area contributed by atoms with Crippen LogP contribution in [0.2, 0.25) is 0 Å². The second kappa shape index (κ2) is 2.19. The summed E-state index contributed by atoms with van der Waals surface area (Å²) in [5.41, 5.74) is 5.29. The van der Waals surface area contributed by atoms with Crippen molar-refractivity contribution < 1.29 is 0 Å².